The summed E-state index contributed by atoms with van der Waals surface area (Å²) < 4.78 is 20.6. The first-order valence-electron chi connectivity index (χ1n) is 6.05. The molecular formula is C12H17NO. The molecule has 0 aromatic heterocycles. The second-order valence-corrected chi connectivity index (χ2v) is 3.62. The molecule has 1 aromatic rings. The van der Waals surface area contributed by atoms with Crippen LogP contribution in [0, 0.1) is 0 Å². The maximum Gasteiger partial charge on any atom is 0.0477 e. The molecule has 14 heavy (non-hydrogen) atoms. The molecule has 1 saturated heterocycles. The van der Waals surface area contributed by atoms with Crippen LogP contribution in [0.15, 0.2) is 24.3 Å². The van der Waals surface area contributed by atoms with Crippen LogP contribution in [0.2, 0.25) is 0 Å². The summed E-state index contributed by atoms with van der Waals surface area (Å²) in [6, 6.07) is 7.55. The van der Waals surface area contributed by atoms with Crippen LogP contribution in [-0.2, 0) is 11.2 Å². The van der Waals surface area contributed by atoms with Gasteiger partial charge in [-0.2, -0.15) is 0 Å². The van der Waals surface area contributed by atoms with Gasteiger partial charge in [-0.15, -0.1) is 0 Å². The van der Waals surface area contributed by atoms with Crippen molar-refractivity contribution in [3.8, 4) is 0 Å². The quantitative estimate of drug-likeness (QED) is 0.780. The standard InChI is InChI=1S/C12H17NO/c13-9-11-3-1-2-4-12(11)10-5-7-14-8-6-10/h1-4,10H,5-9,13H2/i9D2. The molecule has 2 N–H and O–H groups in total. The van der Waals surface area contributed by atoms with E-state index in [0.29, 0.717) is 11.5 Å². The van der Waals surface area contributed by atoms with Gasteiger partial charge in [-0.1, -0.05) is 24.3 Å². The molecule has 1 heterocycles. The second kappa shape index (κ2) is 4.58. The summed E-state index contributed by atoms with van der Waals surface area (Å²) >= 11 is 0. The first-order chi connectivity index (χ1) is 7.59. The lowest BCUT2D eigenvalue weighted by molar-refractivity contribution is 0.0851. The molecule has 2 nitrogen and oxygen atoms in total. The Labute approximate surface area is 87.9 Å². The summed E-state index contributed by atoms with van der Waals surface area (Å²) in [6.45, 7) is -0.242. The first kappa shape index (κ1) is 7.43. The molecule has 0 aliphatic carbocycles. The van der Waals surface area contributed by atoms with Crippen molar-refractivity contribution in [1.29, 1.82) is 0 Å². The van der Waals surface area contributed by atoms with Crippen molar-refractivity contribution in [3.63, 3.8) is 0 Å². The molecule has 0 amide bonds. The van der Waals surface area contributed by atoms with Crippen molar-refractivity contribution >= 4 is 0 Å². The van der Waals surface area contributed by atoms with Gasteiger partial charge in [0.2, 0.25) is 0 Å². The lowest BCUT2D eigenvalue weighted by Crippen LogP contribution is -2.16. The normalized spacial score (nSPS) is 21.5. The Balaban J connectivity index is 2.32. The zero-order valence-electron chi connectivity index (χ0n) is 10.2. The molecule has 0 radical (unpaired) electrons. The molecule has 1 aliphatic rings. The summed E-state index contributed by atoms with van der Waals surface area (Å²) in [5.74, 6) is 0.378. The van der Waals surface area contributed by atoms with E-state index in [9.17, 15) is 0 Å². The number of rotatable bonds is 2. The summed E-state index contributed by atoms with van der Waals surface area (Å²) in [4.78, 5) is 0. The smallest absolute Gasteiger partial charge is 0.0477 e. The fourth-order valence-corrected chi connectivity index (χ4v) is 1.99. The Kier molecular flexibility index (Phi) is 2.43. The van der Waals surface area contributed by atoms with Crippen molar-refractivity contribution in [3.05, 3.63) is 35.4 Å². The van der Waals surface area contributed by atoms with Gasteiger partial charge < -0.3 is 10.5 Å². The van der Waals surface area contributed by atoms with Crippen LogP contribution in [-0.4, -0.2) is 13.2 Å². The van der Waals surface area contributed by atoms with E-state index in [1.165, 1.54) is 0 Å². The third kappa shape index (κ3) is 1.97. The fraction of sp³-hybridized carbons (Fsp3) is 0.500. The first-order valence-corrected chi connectivity index (χ1v) is 5.05. The summed E-state index contributed by atoms with van der Waals surface area (Å²) in [7, 11) is 0. The van der Waals surface area contributed by atoms with Gasteiger partial charge in [0.1, 0.15) is 0 Å². The average Bonchev–Trinajstić information content (AvgIpc) is 2.29. The Morgan fingerprint density at radius 1 is 1.36 bits per heavy atom. The predicted octanol–water partition coefficient (Wildman–Crippen LogP) is 2.04. The highest BCUT2D eigenvalue weighted by molar-refractivity contribution is 5.30. The number of hydrogen-bond acceptors (Lipinski definition) is 2. The van der Waals surface area contributed by atoms with Gasteiger partial charge in [0, 0.05) is 22.5 Å². The number of hydrogen-bond donors (Lipinski definition) is 1. The average molecular weight is 193 g/mol. The lowest BCUT2D eigenvalue weighted by atomic mass is 9.88. The summed E-state index contributed by atoms with van der Waals surface area (Å²) in [5, 5.41) is 0. The van der Waals surface area contributed by atoms with E-state index in [1.54, 1.807) is 6.07 Å². The van der Waals surface area contributed by atoms with E-state index in [4.69, 9.17) is 13.2 Å². The third-order valence-corrected chi connectivity index (χ3v) is 2.78. The molecule has 0 spiro atoms. The molecule has 2 heteroatoms. The van der Waals surface area contributed by atoms with Gasteiger partial charge in [0.25, 0.3) is 0 Å². The lowest BCUT2D eigenvalue weighted by Gasteiger charge is -2.24. The van der Waals surface area contributed by atoms with Crippen LogP contribution in [0.5, 0.6) is 0 Å². The van der Waals surface area contributed by atoms with Crippen molar-refractivity contribution in [2.24, 2.45) is 5.73 Å². The number of benzene rings is 1. The van der Waals surface area contributed by atoms with Crippen LogP contribution in [0.1, 0.15) is 32.6 Å². The van der Waals surface area contributed by atoms with Gasteiger partial charge >= 0.3 is 0 Å². The maximum absolute atomic E-state index is 7.65. The highest BCUT2D eigenvalue weighted by atomic mass is 16.5. The van der Waals surface area contributed by atoms with Crippen molar-refractivity contribution in [2.45, 2.75) is 25.3 Å². The van der Waals surface area contributed by atoms with Crippen molar-refractivity contribution < 1.29 is 7.48 Å². The zero-order valence-corrected chi connectivity index (χ0v) is 8.20. The Morgan fingerprint density at radius 3 is 2.79 bits per heavy atom. The largest absolute Gasteiger partial charge is 0.381 e. The van der Waals surface area contributed by atoms with Crippen LogP contribution >= 0.6 is 0 Å². The molecule has 0 bridgehead atoms. The number of ether oxygens (including phenoxy) is 1. The van der Waals surface area contributed by atoms with E-state index in [0.717, 1.165) is 31.6 Å². The molecular weight excluding hydrogens is 174 g/mol. The molecule has 0 unspecified atom stereocenters. The van der Waals surface area contributed by atoms with Crippen LogP contribution in [0.3, 0.4) is 0 Å². The molecule has 2 rings (SSSR count). The Hall–Kier alpha value is -0.860. The molecule has 76 valence electrons. The minimum Gasteiger partial charge on any atom is -0.381 e. The summed E-state index contributed by atoms with van der Waals surface area (Å²) in [6.07, 6.45) is 1.90. The Bertz CT molecular complexity index is 356. The highest BCUT2D eigenvalue weighted by Crippen LogP contribution is 2.28. The number of nitrogens with two attached hydrogens (primary N) is 1. The predicted molar refractivity (Wildman–Crippen MR) is 57.1 cm³/mol. The SMILES string of the molecule is [2H]C([2H])(N)c1ccccc1C1CCOCC1. The van der Waals surface area contributed by atoms with E-state index in [2.05, 4.69) is 0 Å². The van der Waals surface area contributed by atoms with Crippen molar-refractivity contribution in [2.75, 3.05) is 13.2 Å². The summed E-state index contributed by atoms with van der Waals surface area (Å²) in [5.41, 5.74) is 7.22. The molecule has 0 atom stereocenters. The van der Waals surface area contributed by atoms with Gasteiger partial charge in [-0.25, -0.2) is 0 Å². The minimum absolute atomic E-state index is 0.378. The van der Waals surface area contributed by atoms with E-state index in [-0.39, 0.29) is 0 Å². The zero-order chi connectivity index (χ0) is 11.6. The van der Waals surface area contributed by atoms with E-state index in [1.807, 2.05) is 18.2 Å². The van der Waals surface area contributed by atoms with Gasteiger partial charge in [0.05, 0.1) is 0 Å². The molecule has 1 aliphatic heterocycles. The monoisotopic (exact) mass is 193 g/mol. The topological polar surface area (TPSA) is 35.2 Å². The van der Waals surface area contributed by atoms with E-state index >= 15 is 0 Å². The van der Waals surface area contributed by atoms with Gasteiger partial charge in [-0.05, 0) is 29.9 Å². The Morgan fingerprint density at radius 2 is 2.07 bits per heavy atom. The molecule has 1 aromatic carbocycles. The fourth-order valence-electron chi connectivity index (χ4n) is 1.99. The highest BCUT2D eigenvalue weighted by Gasteiger charge is 2.17. The molecule has 0 saturated carbocycles. The van der Waals surface area contributed by atoms with Crippen LogP contribution in [0.4, 0.5) is 0 Å². The minimum atomic E-state index is -1.76. The van der Waals surface area contributed by atoms with Gasteiger partial charge in [-0.3, -0.25) is 0 Å². The van der Waals surface area contributed by atoms with Crippen LogP contribution in [0.25, 0.3) is 0 Å². The third-order valence-electron chi connectivity index (χ3n) is 2.78. The van der Waals surface area contributed by atoms with E-state index < -0.39 is 6.50 Å². The molecule has 1 fully saturated rings. The maximum atomic E-state index is 7.65. The van der Waals surface area contributed by atoms with Crippen molar-refractivity contribution in [1.82, 2.24) is 0 Å². The van der Waals surface area contributed by atoms with Gasteiger partial charge in [0.15, 0.2) is 0 Å². The van der Waals surface area contributed by atoms with Crippen LogP contribution < -0.4 is 5.73 Å². The second-order valence-electron chi connectivity index (χ2n) is 3.62.